The third-order valence-electron chi connectivity index (χ3n) is 3.15. The molecule has 0 aliphatic heterocycles. The minimum absolute atomic E-state index is 0.284. The van der Waals surface area contributed by atoms with Gasteiger partial charge in [-0.2, -0.15) is 0 Å². The molecule has 0 aliphatic carbocycles. The number of nitrogens with one attached hydrogen (secondary N) is 1. The topological polar surface area (TPSA) is 60.5 Å². The zero-order chi connectivity index (χ0) is 16.2. The summed E-state index contributed by atoms with van der Waals surface area (Å²) < 4.78 is 10.5. The zero-order valence-corrected chi connectivity index (χ0v) is 14.2. The van der Waals surface area contributed by atoms with Crippen LogP contribution in [-0.2, 0) is 0 Å². The molecule has 3 rings (SSSR count). The smallest absolute Gasteiger partial charge is 0.261 e. The highest BCUT2D eigenvalue weighted by atomic mass is 32.1. The summed E-state index contributed by atoms with van der Waals surface area (Å²) in [6.07, 6.45) is 0. The highest BCUT2D eigenvalue weighted by molar-refractivity contribution is 7.16. The minimum Gasteiger partial charge on any atom is -0.493 e. The quantitative estimate of drug-likeness (QED) is 0.754. The van der Waals surface area contributed by atoms with Crippen molar-refractivity contribution in [1.29, 1.82) is 0 Å². The number of amides is 1. The molecule has 0 saturated heterocycles. The van der Waals surface area contributed by atoms with Crippen LogP contribution in [0.3, 0.4) is 0 Å². The first-order valence-corrected chi connectivity index (χ1v) is 8.50. The molecule has 118 valence electrons. The van der Waals surface area contributed by atoms with Gasteiger partial charge in [0.2, 0.25) is 0 Å². The maximum atomic E-state index is 12.5. The monoisotopic (exact) mass is 346 g/mol. The van der Waals surface area contributed by atoms with Crippen LogP contribution < -0.4 is 14.8 Å². The molecule has 7 heteroatoms. The van der Waals surface area contributed by atoms with Crippen molar-refractivity contribution in [3.8, 4) is 22.1 Å². The number of thiazole rings is 1. The SMILES string of the molecule is COc1cccc(C(=O)Nc2nc(-c3cccs3)cs2)c1OC. The fourth-order valence-electron chi connectivity index (χ4n) is 2.10. The Bertz CT molecular complexity index is 813. The van der Waals surface area contributed by atoms with Crippen LogP contribution in [0, 0.1) is 0 Å². The number of hydrogen-bond donors (Lipinski definition) is 1. The van der Waals surface area contributed by atoms with E-state index < -0.39 is 0 Å². The molecule has 0 unspecified atom stereocenters. The van der Waals surface area contributed by atoms with Crippen LogP contribution >= 0.6 is 22.7 Å². The molecule has 0 radical (unpaired) electrons. The largest absolute Gasteiger partial charge is 0.493 e. The summed E-state index contributed by atoms with van der Waals surface area (Å²) in [5, 5.41) is 7.26. The molecular formula is C16H14N2O3S2. The van der Waals surface area contributed by atoms with Gasteiger partial charge in [0.25, 0.3) is 5.91 Å². The second-order valence-electron chi connectivity index (χ2n) is 4.51. The first-order chi connectivity index (χ1) is 11.2. The van der Waals surface area contributed by atoms with Crippen LogP contribution in [0.2, 0.25) is 0 Å². The van der Waals surface area contributed by atoms with E-state index in [9.17, 15) is 4.79 Å². The standard InChI is InChI=1S/C16H14N2O3S2/c1-20-12-6-3-5-10(14(12)21-2)15(19)18-16-17-11(9-23-16)13-7-4-8-22-13/h3-9H,1-2H3,(H,17,18,19). The molecule has 0 bridgehead atoms. The van der Waals surface area contributed by atoms with Crippen LogP contribution in [0.1, 0.15) is 10.4 Å². The van der Waals surface area contributed by atoms with Gasteiger partial charge >= 0.3 is 0 Å². The molecule has 0 saturated carbocycles. The summed E-state index contributed by atoms with van der Waals surface area (Å²) in [6, 6.07) is 9.14. The van der Waals surface area contributed by atoms with Crippen molar-refractivity contribution in [2.45, 2.75) is 0 Å². The number of carbonyl (C=O) groups is 1. The highest BCUT2D eigenvalue weighted by Crippen LogP contribution is 2.32. The molecule has 0 atom stereocenters. The summed E-state index contributed by atoms with van der Waals surface area (Å²) in [7, 11) is 3.04. The summed E-state index contributed by atoms with van der Waals surface area (Å²) in [5.41, 5.74) is 1.26. The molecule has 1 N–H and O–H groups in total. The van der Waals surface area contributed by atoms with Gasteiger partial charge in [0, 0.05) is 5.38 Å². The van der Waals surface area contributed by atoms with Gasteiger partial charge in [-0.15, -0.1) is 22.7 Å². The number of anilines is 1. The third-order valence-corrected chi connectivity index (χ3v) is 4.80. The number of carbonyl (C=O) groups excluding carboxylic acids is 1. The van der Waals surface area contributed by atoms with Gasteiger partial charge in [0.15, 0.2) is 16.6 Å². The molecule has 2 heterocycles. The molecular weight excluding hydrogens is 332 g/mol. The van der Waals surface area contributed by atoms with E-state index in [1.807, 2.05) is 22.9 Å². The summed E-state index contributed by atoms with van der Waals surface area (Å²) in [6.45, 7) is 0. The molecule has 3 aromatic rings. The van der Waals surface area contributed by atoms with Crippen molar-refractivity contribution in [2.24, 2.45) is 0 Å². The van der Waals surface area contributed by atoms with Gasteiger partial charge in [-0.1, -0.05) is 12.1 Å². The van der Waals surface area contributed by atoms with E-state index in [-0.39, 0.29) is 5.91 Å². The van der Waals surface area contributed by atoms with Crippen molar-refractivity contribution in [2.75, 3.05) is 19.5 Å². The molecule has 23 heavy (non-hydrogen) atoms. The average Bonchev–Trinajstić information content (AvgIpc) is 3.25. The molecule has 2 aromatic heterocycles. The number of nitrogens with zero attached hydrogens (tertiary/aromatic N) is 1. The molecule has 5 nitrogen and oxygen atoms in total. The van der Waals surface area contributed by atoms with E-state index in [0.29, 0.717) is 22.2 Å². The molecule has 0 spiro atoms. The number of ether oxygens (including phenoxy) is 2. The first kappa shape index (κ1) is 15.5. The lowest BCUT2D eigenvalue weighted by Crippen LogP contribution is -2.13. The lowest BCUT2D eigenvalue weighted by Gasteiger charge is -2.11. The van der Waals surface area contributed by atoms with Gasteiger partial charge in [0.1, 0.15) is 0 Å². The van der Waals surface area contributed by atoms with Gasteiger partial charge in [-0.25, -0.2) is 4.98 Å². The van der Waals surface area contributed by atoms with Crippen molar-refractivity contribution >= 4 is 33.7 Å². The van der Waals surface area contributed by atoms with Crippen molar-refractivity contribution in [3.63, 3.8) is 0 Å². The zero-order valence-electron chi connectivity index (χ0n) is 12.5. The number of aromatic nitrogens is 1. The second kappa shape index (κ2) is 6.80. The lowest BCUT2D eigenvalue weighted by atomic mass is 10.1. The Kier molecular flexibility index (Phi) is 4.59. The van der Waals surface area contributed by atoms with E-state index in [1.54, 1.807) is 29.5 Å². The molecule has 0 aliphatic rings. The normalized spacial score (nSPS) is 10.3. The first-order valence-electron chi connectivity index (χ1n) is 6.74. The van der Waals surface area contributed by atoms with Crippen LogP contribution in [0.15, 0.2) is 41.1 Å². The predicted molar refractivity (Wildman–Crippen MR) is 92.9 cm³/mol. The number of hydrogen-bond acceptors (Lipinski definition) is 6. The molecule has 1 amide bonds. The van der Waals surface area contributed by atoms with Gasteiger partial charge in [-0.3, -0.25) is 10.1 Å². The second-order valence-corrected chi connectivity index (χ2v) is 6.32. The number of thiophene rings is 1. The number of methoxy groups -OCH3 is 2. The fourth-order valence-corrected chi connectivity index (χ4v) is 3.57. The Hall–Kier alpha value is -2.38. The third kappa shape index (κ3) is 3.20. The van der Waals surface area contributed by atoms with Crippen LogP contribution in [0.5, 0.6) is 11.5 Å². The Morgan fingerprint density at radius 2 is 2.00 bits per heavy atom. The van der Waals surface area contributed by atoms with Crippen molar-refractivity contribution < 1.29 is 14.3 Å². The van der Waals surface area contributed by atoms with E-state index >= 15 is 0 Å². The summed E-state index contributed by atoms with van der Waals surface area (Å²) in [5.74, 6) is 0.633. The minimum atomic E-state index is -0.284. The Labute approximate surface area is 141 Å². The maximum absolute atomic E-state index is 12.5. The number of benzene rings is 1. The number of rotatable bonds is 5. The Balaban J connectivity index is 1.83. The average molecular weight is 346 g/mol. The Morgan fingerprint density at radius 3 is 2.70 bits per heavy atom. The molecule has 0 fully saturated rings. The van der Waals surface area contributed by atoms with Crippen LogP contribution in [0.25, 0.3) is 10.6 Å². The molecule has 1 aromatic carbocycles. The lowest BCUT2D eigenvalue weighted by molar-refractivity contribution is 0.102. The van der Waals surface area contributed by atoms with E-state index in [1.165, 1.54) is 25.6 Å². The van der Waals surface area contributed by atoms with Gasteiger partial charge < -0.3 is 9.47 Å². The van der Waals surface area contributed by atoms with Crippen molar-refractivity contribution in [3.05, 3.63) is 46.7 Å². The van der Waals surface area contributed by atoms with Gasteiger partial charge in [0.05, 0.1) is 30.4 Å². The van der Waals surface area contributed by atoms with Gasteiger partial charge in [-0.05, 0) is 23.6 Å². The van der Waals surface area contributed by atoms with Crippen LogP contribution in [-0.4, -0.2) is 25.1 Å². The summed E-state index contributed by atoms with van der Waals surface area (Å²) in [4.78, 5) is 18.0. The highest BCUT2D eigenvalue weighted by Gasteiger charge is 2.17. The maximum Gasteiger partial charge on any atom is 0.261 e. The van der Waals surface area contributed by atoms with E-state index in [0.717, 1.165) is 10.6 Å². The number of para-hydroxylation sites is 1. The van der Waals surface area contributed by atoms with Crippen LogP contribution in [0.4, 0.5) is 5.13 Å². The fraction of sp³-hybridized carbons (Fsp3) is 0.125. The van der Waals surface area contributed by atoms with Crippen molar-refractivity contribution in [1.82, 2.24) is 4.98 Å². The van der Waals surface area contributed by atoms with E-state index in [4.69, 9.17) is 9.47 Å². The van der Waals surface area contributed by atoms with E-state index in [2.05, 4.69) is 10.3 Å². The predicted octanol–water partition coefficient (Wildman–Crippen LogP) is 4.14. The summed E-state index contributed by atoms with van der Waals surface area (Å²) >= 11 is 3.00. The Morgan fingerprint density at radius 1 is 1.13 bits per heavy atom.